The summed E-state index contributed by atoms with van der Waals surface area (Å²) in [6.07, 6.45) is 3.09. The van der Waals surface area contributed by atoms with Gasteiger partial charge in [-0.2, -0.15) is 0 Å². The Morgan fingerprint density at radius 3 is 1.62 bits per heavy atom. The van der Waals surface area contributed by atoms with E-state index in [2.05, 4.69) is 27.7 Å². The Balaban J connectivity index is 1.74. The van der Waals surface area contributed by atoms with E-state index >= 15 is 0 Å². The summed E-state index contributed by atoms with van der Waals surface area (Å²) in [5.74, 6) is 1.33. The van der Waals surface area contributed by atoms with Crippen LogP contribution in [0.2, 0.25) is 0 Å². The minimum Gasteiger partial charge on any atom is -0.336 e. The summed E-state index contributed by atoms with van der Waals surface area (Å²) in [4.78, 5) is 0. The highest BCUT2D eigenvalue weighted by Gasteiger charge is 2.75. The van der Waals surface area contributed by atoms with Crippen LogP contribution in [0.25, 0.3) is 0 Å². The van der Waals surface area contributed by atoms with Crippen LogP contribution in [0.15, 0.2) is 0 Å². The maximum absolute atomic E-state index is 5.62. The molecule has 2 rings (SSSR count). The van der Waals surface area contributed by atoms with Crippen molar-refractivity contribution in [3.05, 3.63) is 0 Å². The Morgan fingerprint density at radius 1 is 0.923 bits per heavy atom. The quantitative estimate of drug-likeness (QED) is 0.627. The van der Waals surface area contributed by atoms with E-state index in [4.69, 9.17) is 9.47 Å². The maximum Gasteiger partial charge on any atom is 0.223 e. The fourth-order valence-corrected chi connectivity index (χ4v) is 2.04. The molecular weight excluding hydrogens is 164 g/mol. The average Bonchev–Trinajstić information content (AvgIpc) is 2.75. The lowest BCUT2D eigenvalue weighted by Crippen LogP contribution is -2.05. The lowest BCUT2D eigenvalue weighted by molar-refractivity contribution is 0.244. The van der Waals surface area contributed by atoms with E-state index in [9.17, 15) is 0 Å². The van der Waals surface area contributed by atoms with Crippen molar-refractivity contribution in [2.75, 3.05) is 0 Å². The molecule has 2 nitrogen and oxygen atoms in total. The van der Waals surface area contributed by atoms with Crippen LogP contribution in [0, 0.1) is 11.8 Å². The first-order valence-corrected chi connectivity index (χ1v) is 5.40. The minimum atomic E-state index is -0.103. The lowest BCUT2D eigenvalue weighted by Gasteiger charge is -1.98. The van der Waals surface area contributed by atoms with E-state index in [1.807, 2.05) is 0 Å². The van der Waals surface area contributed by atoms with Crippen LogP contribution in [0.3, 0.4) is 0 Å². The van der Waals surface area contributed by atoms with Gasteiger partial charge < -0.3 is 9.47 Å². The van der Waals surface area contributed by atoms with Crippen LogP contribution in [0.4, 0.5) is 0 Å². The molecule has 0 amide bonds. The molecule has 0 saturated carbocycles. The predicted molar refractivity (Wildman–Crippen MR) is 51.4 cm³/mol. The molecule has 2 atom stereocenters. The van der Waals surface area contributed by atoms with Crippen molar-refractivity contribution in [3.63, 3.8) is 0 Å². The minimum absolute atomic E-state index is 0.103. The summed E-state index contributed by atoms with van der Waals surface area (Å²) in [6, 6.07) is 0. The smallest absolute Gasteiger partial charge is 0.223 e. The number of hydrogen-bond donors (Lipinski definition) is 0. The molecular formula is C11H20O2. The van der Waals surface area contributed by atoms with Gasteiger partial charge in [0.1, 0.15) is 12.2 Å². The van der Waals surface area contributed by atoms with Crippen molar-refractivity contribution >= 4 is 0 Å². The number of hydrogen-bond acceptors (Lipinski definition) is 2. The molecule has 2 aliphatic rings. The van der Waals surface area contributed by atoms with Gasteiger partial charge in [-0.1, -0.05) is 27.7 Å². The van der Waals surface area contributed by atoms with Crippen molar-refractivity contribution in [1.29, 1.82) is 0 Å². The SMILES string of the molecule is CC(C)C[C@@H]1OC12O[C@H]2CC(C)C. The maximum atomic E-state index is 5.62. The van der Waals surface area contributed by atoms with Crippen LogP contribution < -0.4 is 0 Å². The van der Waals surface area contributed by atoms with Crippen LogP contribution in [0.1, 0.15) is 40.5 Å². The van der Waals surface area contributed by atoms with Gasteiger partial charge in [-0.3, -0.25) is 0 Å². The topological polar surface area (TPSA) is 25.1 Å². The lowest BCUT2D eigenvalue weighted by atomic mass is 10.0. The molecule has 0 radical (unpaired) electrons. The molecule has 0 aromatic heterocycles. The highest BCUT2D eigenvalue weighted by atomic mass is 16.9. The van der Waals surface area contributed by atoms with E-state index in [0.29, 0.717) is 24.0 Å². The fraction of sp³-hybridized carbons (Fsp3) is 1.00. The molecule has 0 N–H and O–H groups in total. The molecule has 2 fully saturated rings. The van der Waals surface area contributed by atoms with Crippen molar-refractivity contribution in [1.82, 2.24) is 0 Å². The molecule has 76 valence electrons. The predicted octanol–water partition coefficient (Wildman–Crippen LogP) is 2.57. The highest BCUT2D eigenvalue weighted by Crippen LogP contribution is 2.58. The largest absolute Gasteiger partial charge is 0.336 e. The molecule has 2 heteroatoms. The highest BCUT2D eigenvalue weighted by molar-refractivity contribution is 5.12. The van der Waals surface area contributed by atoms with Gasteiger partial charge in [0.05, 0.1) is 0 Å². The molecule has 0 aromatic carbocycles. The van der Waals surface area contributed by atoms with Gasteiger partial charge in [0.25, 0.3) is 0 Å². The summed E-state index contributed by atoms with van der Waals surface area (Å²) in [5.41, 5.74) is 0. The molecule has 1 spiro atoms. The summed E-state index contributed by atoms with van der Waals surface area (Å²) in [6.45, 7) is 8.93. The van der Waals surface area contributed by atoms with Crippen molar-refractivity contribution in [3.8, 4) is 0 Å². The molecule has 2 aliphatic heterocycles. The second kappa shape index (κ2) is 2.96. The zero-order valence-corrected chi connectivity index (χ0v) is 9.04. The third kappa shape index (κ3) is 1.75. The average molecular weight is 184 g/mol. The number of epoxide rings is 2. The summed E-state index contributed by atoms with van der Waals surface area (Å²) < 4.78 is 11.2. The first kappa shape index (κ1) is 9.47. The fourth-order valence-electron chi connectivity index (χ4n) is 2.04. The first-order chi connectivity index (χ1) is 6.04. The monoisotopic (exact) mass is 184 g/mol. The molecule has 13 heavy (non-hydrogen) atoms. The van der Waals surface area contributed by atoms with Crippen LogP contribution in [-0.2, 0) is 9.47 Å². The van der Waals surface area contributed by atoms with Crippen LogP contribution in [-0.4, -0.2) is 18.0 Å². The Bertz CT molecular complexity index is 176. The zero-order chi connectivity index (χ0) is 9.64. The third-order valence-electron chi connectivity index (χ3n) is 2.81. The van der Waals surface area contributed by atoms with Gasteiger partial charge in [-0.05, 0) is 24.7 Å². The third-order valence-corrected chi connectivity index (χ3v) is 2.81. The van der Waals surface area contributed by atoms with Gasteiger partial charge in [0.15, 0.2) is 0 Å². The van der Waals surface area contributed by atoms with Gasteiger partial charge in [-0.15, -0.1) is 0 Å². The van der Waals surface area contributed by atoms with E-state index in [1.165, 1.54) is 0 Å². The zero-order valence-electron chi connectivity index (χ0n) is 9.04. The molecule has 0 bridgehead atoms. The molecule has 0 unspecified atom stereocenters. The van der Waals surface area contributed by atoms with E-state index < -0.39 is 0 Å². The van der Waals surface area contributed by atoms with E-state index in [-0.39, 0.29) is 5.79 Å². The van der Waals surface area contributed by atoms with Gasteiger partial charge >= 0.3 is 0 Å². The summed E-state index contributed by atoms with van der Waals surface area (Å²) in [5, 5.41) is 0. The van der Waals surface area contributed by atoms with Gasteiger partial charge in [0.2, 0.25) is 5.79 Å². The van der Waals surface area contributed by atoms with Crippen LogP contribution >= 0.6 is 0 Å². The molecule has 2 saturated heterocycles. The summed E-state index contributed by atoms with van der Waals surface area (Å²) >= 11 is 0. The Hall–Kier alpha value is -0.0800. The number of ether oxygens (including phenoxy) is 2. The second-order valence-corrected chi connectivity index (χ2v) is 5.19. The Labute approximate surface area is 80.6 Å². The van der Waals surface area contributed by atoms with Gasteiger partial charge in [0, 0.05) is 0 Å². The molecule has 2 heterocycles. The summed E-state index contributed by atoms with van der Waals surface area (Å²) in [7, 11) is 0. The Morgan fingerprint density at radius 2 is 1.31 bits per heavy atom. The van der Waals surface area contributed by atoms with Crippen molar-refractivity contribution in [2.45, 2.75) is 58.5 Å². The Kier molecular flexibility index (Phi) is 2.16. The number of rotatable bonds is 4. The molecule has 0 aromatic rings. The van der Waals surface area contributed by atoms with E-state index in [0.717, 1.165) is 12.8 Å². The van der Waals surface area contributed by atoms with Gasteiger partial charge in [-0.25, -0.2) is 0 Å². The van der Waals surface area contributed by atoms with Crippen LogP contribution in [0.5, 0.6) is 0 Å². The van der Waals surface area contributed by atoms with E-state index in [1.54, 1.807) is 0 Å². The second-order valence-electron chi connectivity index (χ2n) is 5.19. The first-order valence-electron chi connectivity index (χ1n) is 5.40. The van der Waals surface area contributed by atoms with Crippen molar-refractivity contribution in [2.24, 2.45) is 11.8 Å². The van der Waals surface area contributed by atoms with Crippen molar-refractivity contribution < 1.29 is 9.47 Å². The standard InChI is InChI=1S/C11H20O2/c1-7(2)5-9-11(12-9)10(13-11)6-8(3)4/h7-10H,5-6H2,1-4H3/t9-,10-,11?/m0/s1. The molecule has 0 aliphatic carbocycles. The normalized spacial score (nSPS) is 34.6.